The highest BCUT2D eigenvalue weighted by atomic mass is 16.5. The molecule has 2 heterocycles. The first-order valence-electron chi connectivity index (χ1n) is 7.36. The highest BCUT2D eigenvalue weighted by Gasteiger charge is 2.61. The number of benzene rings is 1. The van der Waals surface area contributed by atoms with Gasteiger partial charge >= 0.3 is 0 Å². The Kier molecular flexibility index (Phi) is 2.55. The van der Waals surface area contributed by atoms with Crippen LogP contribution in [0.2, 0.25) is 0 Å². The SMILES string of the molecule is N#CC1=C(C#N)C2CCCC2C2(O1)C(=O)Nc1ccccc12. The predicted octanol–water partition coefficient (Wildman–Crippen LogP) is 2.58. The predicted molar refractivity (Wildman–Crippen MR) is 76.9 cm³/mol. The number of ether oxygens (including phenoxy) is 1. The van der Waals surface area contributed by atoms with Gasteiger partial charge in [0.05, 0.1) is 11.6 Å². The highest BCUT2D eigenvalue weighted by Crippen LogP contribution is 2.57. The minimum atomic E-state index is -1.16. The van der Waals surface area contributed by atoms with Gasteiger partial charge in [-0.1, -0.05) is 24.6 Å². The summed E-state index contributed by atoms with van der Waals surface area (Å²) in [6.07, 6.45) is 2.56. The van der Waals surface area contributed by atoms with Crippen LogP contribution < -0.4 is 5.32 Å². The maximum Gasteiger partial charge on any atom is 0.273 e. The van der Waals surface area contributed by atoms with E-state index in [1.165, 1.54) is 0 Å². The topological polar surface area (TPSA) is 85.9 Å². The van der Waals surface area contributed by atoms with E-state index in [0.29, 0.717) is 5.57 Å². The second-order valence-corrected chi connectivity index (χ2v) is 5.95. The molecule has 3 aliphatic rings. The molecule has 2 aliphatic heterocycles. The first kappa shape index (κ1) is 12.9. The van der Waals surface area contributed by atoms with E-state index in [1.807, 2.05) is 30.3 Å². The van der Waals surface area contributed by atoms with Crippen LogP contribution >= 0.6 is 0 Å². The Hall–Kier alpha value is -2.79. The van der Waals surface area contributed by atoms with Crippen molar-refractivity contribution >= 4 is 11.6 Å². The lowest BCUT2D eigenvalue weighted by atomic mass is 9.71. The van der Waals surface area contributed by atoms with Crippen LogP contribution in [-0.4, -0.2) is 5.91 Å². The largest absolute Gasteiger partial charge is 0.461 e. The number of carbonyl (C=O) groups is 1. The molecule has 1 spiro atoms. The molecule has 1 aromatic carbocycles. The fraction of sp³-hybridized carbons (Fsp3) is 0.353. The van der Waals surface area contributed by atoms with E-state index < -0.39 is 5.60 Å². The maximum absolute atomic E-state index is 12.8. The number of nitrogens with one attached hydrogen (secondary N) is 1. The van der Waals surface area contributed by atoms with Crippen LogP contribution in [0.5, 0.6) is 0 Å². The number of nitrogens with zero attached hydrogens (tertiary/aromatic N) is 2. The molecule has 5 heteroatoms. The summed E-state index contributed by atoms with van der Waals surface area (Å²) < 4.78 is 5.92. The van der Waals surface area contributed by atoms with E-state index >= 15 is 0 Å². The fourth-order valence-electron chi connectivity index (χ4n) is 4.19. The average molecular weight is 291 g/mol. The van der Waals surface area contributed by atoms with E-state index in [1.54, 1.807) is 0 Å². The molecule has 3 atom stereocenters. The van der Waals surface area contributed by atoms with Crippen molar-refractivity contribution in [3.8, 4) is 12.1 Å². The number of nitriles is 2. The number of para-hydroxylation sites is 1. The van der Waals surface area contributed by atoms with Crippen molar-refractivity contribution < 1.29 is 9.53 Å². The van der Waals surface area contributed by atoms with Crippen molar-refractivity contribution in [1.82, 2.24) is 0 Å². The molecule has 1 saturated carbocycles. The number of rotatable bonds is 0. The molecule has 0 saturated heterocycles. The summed E-state index contributed by atoms with van der Waals surface area (Å²) in [6.45, 7) is 0. The summed E-state index contributed by atoms with van der Waals surface area (Å²) in [4.78, 5) is 12.8. The molecule has 0 aromatic heterocycles. The van der Waals surface area contributed by atoms with Crippen LogP contribution in [-0.2, 0) is 15.1 Å². The van der Waals surface area contributed by atoms with Crippen molar-refractivity contribution in [3.05, 3.63) is 41.2 Å². The van der Waals surface area contributed by atoms with Crippen molar-refractivity contribution in [3.63, 3.8) is 0 Å². The molecule has 108 valence electrons. The number of hydrogen-bond acceptors (Lipinski definition) is 4. The van der Waals surface area contributed by atoms with Gasteiger partial charge < -0.3 is 10.1 Å². The van der Waals surface area contributed by atoms with E-state index in [2.05, 4.69) is 11.4 Å². The molecule has 3 unspecified atom stereocenters. The van der Waals surface area contributed by atoms with Crippen LogP contribution in [0.1, 0.15) is 24.8 Å². The minimum Gasteiger partial charge on any atom is -0.461 e. The first-order valence-corrected chi connectivity index (χ1v) is 7.36. The second kappa shape index (κ2) is 4.35. The number of amides is 1. The lowest BCUT2D eigenvalue weighted by molar-refractivity contribution is -0.146. The van der Waals surface area contributed by atoms with Crippen LogP contribution in [0, 0.1) is 34.5 Å². The Morgan fingerprint density at radius 1 is 1.23 bits per heavy atom. The van der Waals surface area contributed by atoms with Gasteiger partial charge in [-0.25, -0.2) is 0 Å². The Bertz CT molecular complexity index is 799. The molecule has 5 nitrogen and oxygen atoms in total. The van der Waals surface area contributed by atoms with E-state index in [4.69, 9.17) is 4.74 Å². The third kappa shape index (κ3) is 1.38. The molecular formula is C17H13N3O2. The van der Waals surface area contributed by atoms with Crippen molar-refractivity contribution in [1.29, 1.82) is 10.5 Å². The van der Waals surface area contributed by atoms with Crippen LogP contribution in [0.15, 0.2) is 35.6 Å². The van der Waals surface area contributed by atoms with E-state index in [9.17, 15) is 15.3 Å². The Balaban J connectivity index is 1.97. The normalized spacial score (nSPS) is 31.8. The fourth-order valence-corrected chi connectivity index (χ4v) is 4.19. The maximum atomic E-state index is 12.8. The molecule has 1 aliphatic carbocycles. The second-order valence-electron chi connectivity index (χ2n) is 5.95. The zero-order valence-electron chi connectivity index (χ0n) is 11.8. The van der Waals surface area contributed by atoms with Gasteiger partial charge in [-0.15, -0.1) is 0 Å². The smallest absolute Gasteiger partial charge is 0.273 e. The molecule has 1 amide bonds. The lowest BCUT2D eigenvalue weighted by Gasteiger charge is -2.40. The van der Waals surface area contributed by atoms with E-state index in [-0.39, 0.29) is 23.5 Å². The van der Waals surface area contributed by atoms with Gasteiger partial charge in [0, 0.05) is 23.1 Å². The summed E-state index contributed by atoms with van der Waals surface area (Å²) in [5.41, 5.74) is 0.744. The molecule has 1 aromatic rings. The van der Waals surface area contributed by atoms with Gasteiger partial charge in [0.1, 0.15) is 6.07 Å². The van der Waals surface area contributed by atoms with Crippen molar-refractivity contribution in [2.45, 2.75) is 24.9 Å². The monoisotopic (exact) mass is 291 g/mol. The lowest BCUT2D eigenvalue weighted by Crippen LogP contribution is -2.48. The molecular weight excluding hydrogens is 278 g/mol. The molecule has 1 N–H and O–H groups in total. The van der Waals surface area contributed by atoms with Gasteiger partial charge in [0.25, 0.3) is 5.91 Å². The molecule has 4 rings (SSSR count). The molecule has 0 bridgehead atoms. The third-order valence-electron chi connectivity index (χ3n) is 5.05. The van der Waals surface area contributed by atoms with Crippen LogP contribution in [0.25, 0.3) is 0 Å². The average Bonchev–Trinajstić information content (AvgIpc) is 3.12. The number of fused-ring (bicyclic) bond motifs is 4. The summed E-state index contributed by atoms with van der Waals surface area (Å²) >= 11 is 0. The van der Waals surface area contributed by atoms with Crippen molar-refractivity contribution in [2.75, 3.05) is 5.32 Å². The quantitative estimate of drug-likeness (QED) is 0.796. The highest BCUT2D eigenvalue weighted by molar-refractivity contribution is 6.05. The Morgan fingerprint density at radius 3 is 2.82 bits per heavy atom. The van der Waals surface area contributed by atoms with Gasteiger partial charge in [0.2, 0.25) is 11.4 Å². The number of anilines is 1. The van der Waals surface area contributed by atoms with Crippen LogP contribution in [0.4, 0.5) is 5.69 Å². The minimum absolute atomic E-state index is 0.00231. The zero-order valence-corrected chi connectivity index (χ0v) is 11.8. The van der Waals surface area contributed by atoms with Gasteiger partial charge in [-0.05, 0) is 18.9 Å². The standard InChI is InChI=1S/C17H13N3O2/c18-8-11-10-4-3-6-12(10)17(22-15(11)9-19)13-5-1-2-7-14(13)20-16(17)21/h1-2,5,7,10,12H,3-4,6H2,(H,20,21). The molecule has 1 fully saturated rings. The van der Waals surface area contributed by atoms with Gasteiger partial charge in [-0.3, -0.25) is 4.79 Å². The van der Waals surface area contributed by atoms with Gasteiger partial charge in [-0.2, -0.15) is 10.5 Å². The zero-order chi connectivity index (χ0) is 15.3. The number of carbonyl (C=O) groups excluding carboxylic acids is 1. The van der Waals surface area contributed by atoms with Gasteiger partial charge in [0.15, 0.2) is 0 Å². The molecule has 22 heavy (non-hydrogen) atoms. The number of allylic oxidation sites excluding steroid dienone is 2. The summed E-state index contributed by atoms with van der Waals surface area (Å²) in [5.74, 6) is -0.402. The van der Waals surface area contributed by atoms with Crippen molar-refractivity contribution in [2.24, 2.45) is 11.8 Å². The van der Waals surface area contributed by atoms with E-state index in [0.717, 1.165) is 30.5 Å². The third-order valence-corrected chi connectivity index (χ3v) is 5.05. The summed E-state index contributed by atoms with van der Waals surface area (Å²) in [6, 6.07) is 11.5. The Morgan fingerprint density at radius 2 is 2.05 bits per heavy atom. The number of hydrogen-bond donors (Lipinski definition) is 1. The summed E-state index contributed by atoms with van der Waals surface area (Å²) in [5, 5.41) is 21.6. The Labute approximate surface area is 127 Å². The summed E-state index contributed by atoms with van der Waals surface area (Å²) in [7, 11) is 0. The molecule has 0 radical (unpaired) electrons. The first-order chi connectivity index (χ1) is 10.7. The van der Waals surface area contributed by atoms with Crippen LogP contribution in [0.3, 0.4) is 0 Å².